The number of hydrogen-bond acceptors (Lipinski definition) is 5. The number of ether oxygens (including phenoxy) is 2. The van der Waals surface area contributed by atoms with Crippen molar-refractivity contribution in [3.05, 3.63) is 24.3 Å². The van der Waals surface area contributed by atoms with Gasteiger partial charge >= 0.3 is 11.9 Å². The Kier molecular flexibility index (Phi) is 4.02. The van der Waals surface area contributed by atoms with Crippen molar-refractivity contribution in [2.45, 2.75) is 20.0 Å². The van der Waals surface area contributed by atoms with Crippen molar-refractivity contribution in [1.29, 1.82) is 0 Å². The van der Waals surface area contributed by atoms with E-state index in [1.165, 1.54) is 38.1 Å². The molecule has 0 aliphatic heterocycles. The summed E-state index contributed by atoms with van der Waals surface area (Å²) in [6.07, 6.45) is -1.17. The summed E-state index contributed by atoms with van der Waals surface area (Å²) in [5.41, 5.74) is 0. The van der Waals surface area contributed by atoms with Crippen LogP contribution in [0.5, 0.6) is 11.5 Å². The van der Waals surface area contributed by atoms with E-state index in [9.17, 15) is 9.59 Å². The quantitative estimate of drug-likeness (QED) is 0.610. The van der Waals surface area contributed by atoms with Gasteiger partial charge in [0.1, 0.15) is 17.6 Å². The number of benzene rings is 1. The average molecular weight is 224 g/mol. The number of carbonyl (C=O) groups excluding carboxylic acids is 2. The van der Waals surface area contributed by atoms with Crippen molar-refractivity contribution < 1.29 is 24.2 Å². The summed E-state index contributed by atoms with van der Waals surface area (Å²) in [6.45, 7) is 2.61. The third kappa shape index (κ3) is 3.70. The van der Waals surface area contributed by atoms with Gasteiger partial charge in [0.05, 0.1) is 0 Å². The fourth-order valence-corrected chi connectivity index (χ4v) is 0.943. The number of rotatable bonds is 3. The summed E-state index contributed by atoms with van der Waals surface area (Å²) in [5, 5.41) is 8.91. The number of hydrogen-bond donors (Lipinski definition) is 1. The number of esters is 2. The molecule has 5 nitrogen and oxygen atoms in total. The van der Waals surface area contributed by atoms with Crippen LogP contribution in [0.3, 0.4) is 0 Å². The van der Waals surface area contributed by atoms with E-state index in [1.807, 2.05) is 0 Å². The van der Waals surface area contributed by atoms with Gasteiger partial charge < -0.3 is 14.6 Å². The van der Waals surface area contributed by atoms with Gasteiger partial charge in [-0.2, -0.15) is 0 Å². The molecule has 1 atom stereocenters. The number of aliphatic hydroxyl groups is 1. The largest absolute Gasteiger partial charge is 0.427 e. The normalized spacial score (nSPS) is 11.7. The van der Waals surface area contributed by atoms with Gasteiger partial charge in [0, 0.05) is 6.92 Å². The Morgan fingerprint density at radius 3 is 1.94 bits per heavy atom. The first-order valence-electron chi connectivity index (χ1n) is 4.67. The molecule has 0 radical (unpaired) electrons. The lowest BCUT2D eigenvalue weighted by Crippen LogP contribution is -2.22. The second-order valence-electron chi connectivity index (χ2n) is 3.16. The summed E-state index contributed by atoms with van der Waals surface area (Å²) in [7, 11) is 0. The molecule has 0 heterocycles. The van der Waals surface area contributed by atoms with Crippen molar-refractivity contribution in [3.8, 4) is 11.5 Å². The first-order chi connectivity index (χ1) is 7.49. The maximum Gasteiger partial charge on any atom is 0.340 e. The number of carbonyl (C=O) groups is 2. The first kappa shape index (κ1) is 12.2. The third-order valence-electron chi connectivity index (χ3n) is 1.64. The fourth-order valence-electron chi connectivity index (χ4n) is 0.943. The standard InChI is InChI=1S/C11H12O5/c1-7(12)11(14)16-10-5-3-9(4-6-10)15-8(2)13/h3-7,12H,1-2H3. The molecule has 86 valence electrons. The van der Waals surface area contributed by atoms with Crippen LogP contribution in [0, 0.1) is 0 Å². The highest BCUT2D eigenvalue weighted by atomic mass is 16.6. The lowest BCUT2D eigenvalue weighted by Gasteiger charge is -2.06. The predicted molar refractivity (Wildman–Crippen MR) is 55.1 cm³/mol. The van der Waals surface area contributed by atoms with Crippen LogP contribution in [0.4, 0.5) is 0 Å². The van der Waals surface area contributed by atoms with E-state index >= 15 is 0 Å². The highest BCUT2D eigenvalue weighted by Crippen LogP contribution is 2.18. The summed E-state index contributed by atoms with van der Waals surface area (Å²) in [4.78, 5) is 21.6. The molecule has 0 amide bonds. The predicted octanol–water partition coefficient (Wildman–Crippen LogP) is 0.898. The first-order valence-corrected chi connectivity index (χ1v) is 4.67. The second-order valence-corrected chi connectivity index (χ2v) is 3.16. The molecule has 5 heteroatoms. The highest BCUT2D eigenvalue weighted by molar-refractivity contribution is 5.76. The molecule has 16 heavy (non-hydrogen) atoms. The van der Waals surface area contributed by atoms with Crippen molar-refractivity contribution in [2.24, 2.45) is 0 Å². The van der Waals surface area contributed by atoms with Crippen LogP contribution in [-0.4, -0.2) is 23.1 Å². The fraction of sp³-hybridized carbons (Fsp3) is 0.273. The molecular weight excluding hydrogens is 212 g/mol. The zero-order valence-electron chi connectivity index (χ0n) is 8.97. The Labute approximate surface area is 92.6 Å². The highest BCUT2D eigenvalue weighted by Gasteiger charge is 2.11. The Morgan fingerprint density at radius 2 is 1.56 bits per heavy atom. The van der Waals surface area contributed by atoms with Crippen LogP contribution >= 0.6 is 0 Å². The van der Waals surface area contributed by atoms with Crippen LogP contribution in [0.15, 0.2) is 24.3 Å². The van der Waals surface area contributed by atoms with Gasteiger partial charge in [-0.1, -0.05) is 0 Å². The van der Waals surface area contributed by atoms with Crippen LogP contribution in [0.1, 0.15) is 13.8 Å². The Bertz CT molecular complexity index is 380. The van der Waals surface area contributed by atoms with Gasteiger partial charge in [-0.25, -0.2) is 4.79 Å². The summed E-state index contributed by atoms with van der Waals surface area (Å²) >= 11 is 0. The molecule has 1 aromatic carbocycles. The molecule has 0 aromatic heterocycles. The molecule has 0 fully saturated rings. The lowest BCUT2D eigenvalue weighted by atomic mass is 10.3. The Morgan fingerprint density at radius 1 is 1.12 bits per heavy atom. The molecule has 1 unspecified atom stereocenters. The molecule has 0 spiro atoms. The molecular formula is C11H12O5. The Balaban J connectivity index is 2.64. The SMILES string of the molecule is CC(=O)Oc1ccc(OC(=O)C(C)O)cc1. The summed E-state index contributed by atoms with van der Waals surface area (Å²) < 4.78 is 9.60. The van der Waals surface area contributed by atoms with Crippen molar-refractivity contribution in [3.63, 3.8) is 0 Å². The second kappa shape index (κ2) is 5.27. The van der Waals surface area contributed by atoms with E-state index in [-0.39, 0.29) is 5.75 Å². The van der Waals surface area contributed by atoms with E-state index in [2.05, 4.69) is 0 Å². The minimum atomic E-state index is -1.17. The topological polar surface area (TPSA) is 72.8 Å². The van der Waals surface area contributed by atoms with Crippen LogP contribution < -0.4 is 9.47 Å². The van der Waals surface area contributed by atoms with Gasteiger partial charge in [0.25, 0.3) is 0 Å². The maximum absolute atomic E-state index is 11.0. The van der Waals surface area contributed by atoms with Gasteiger partial charge in [-0.15, -0.1) is 0 Å². The van der Waals surface area contributed by atoms with Crippen molar-refractivity contribution in [1.82, 2.24) is 0 Å². The lowest BCUT2D eigenvalue weighted by molar-refractivity contribution is -0.142. The minimum Gasteiger partial charge on any atom is -0.427 e. The van der Waals surface area contributed by atoms with Gasteiger partial charge in [0.2, 0.25) is 0 Å². The molecule has 1 N–H and O–H groups in total. The van der Waals surface area contributed by atoms with E-state index in [4.69, 9.17) is 14.6 Å². The zero-order chi connectivity index (χ0) is 12.1. The molecule has 1 rings (SSSR count). The van der Waals surface area contributed by atoms with Crippen molar-refractivity contribution in [2.75, 3.05) is 0 Å². The molecule has 0 bridgehead atoms. The van der Waals surface area contributed by atoms with Crippen LogP contribution in [0.25, 0.3) is 0 Å². The van der Waals surface area contributed by atoms with Gasteiger partial charge in [-0.05, 0) is 31.2 Å². The van der Waals surface area contributed by atoms with Crippen LogP contribution in [-0.2, 0) is 9.59 Å². The van der Waals surface area contributed by atoms with Crippen molar-refractivity contribution >= 4 is 11.9 Å². The third-order valence-corrected chi connectivity index (χ3v) is 1.64. The number of aliphatic hydroxyl groups excluding tert-OH is 1. The van der Waals surface area contributed by atoms with E-state index in [1.54, 1.807) is 0 Å². The average Bonchev–Trinajstić information content (AvgIpc) is 2.20. The minimum absolute atomic E-state index is 0.279. The summed E-state index contributed by atoms with van der Waals surface area (Å²) in [6, 6.07) is 5.93. The van der Waals surface area contributed by atoms with E-state index in [0.29, 0.717) is 5.75 Å². The van der Waals surface area contributed by atoms with Gasteiger partial charge in [0.15, 0.2) is 0 Å². The van der Waals surface area contributed by atoms with Gasteiger partial charge in [-0.3, -0.25) is 4.79 Å². The molecule has 0 saturated heterocycles. The zero-order valence-corrected chi connectivity index (χ0v) is 8.97. The van der Waals surface area contributed by atoms with E-state index in [0.717, 1.165) is 0 Å². The molecule has 0 aliphatic carbocycles. The molecule has 0 aliphatic rings. The van der Waals surface area contributed by atoms with E-state index < -0.39 is 18.0 Å². The van der Waals surface area contributed by atoms with Crippen LogP contribution in [0.2, 0.25) is 0 Å². The smallest absolute Gasteiger partial charge is 0.340 e. The Hall–Kier alpha value is -1.88. The summed E-state index contributed by atoms with van der Waals surface area (Å²) in [5.74, 6) is -0.514. The monoisotopic (exact) mass is 224 g/mol. The molecule has 1 aromatic rings. The maximum atomic E-state index is 11.0. The molecule has 0 saturated carbocycles.